The summed E-state index contributed by atoms with van der Waals surface area (Å²) in [6.45, 7) is 6.33. The fourth-order valence-electron chi connectivity index (χ4n) is 6.50. The van der Waals surface area contributed by atoms with Gasteiger partial charge in [-0.15, -0.1) is 0 Å². The summed E-state index contributed by atoms with van der Waals surface area (Å²) >= 11 is 0. The van der Waals surface area contributed by atoms with Crippen molar-refractivity contribution in [1.82, 2.24) is 4.90 Å². The van der Waals surface area contributed by atoms with E-state index in [1.54, 1.807) is 0 Å². The topological polar surface area (TPSA) is 40.2 Å². The summed E-state index contributed by atoms with van der Waals surface area (Å²) in [5, 5.41) is 0. The van der Waals surface area contributed by atoms with E-state index < -0.39 is 0 Å². The molecule has 0 unspecified atom stereocenters. The summed E-state index contributed by atoms with van der Waals surface area (Å²) in [6.07, 6.45) is -0.837. The standard InChI is InChI=1S/C43H47NO4/c1-34(39-25-15-6-16-26-39)27-44-28-41(46-30-36-19-9-3-10-20-36)43(48-32-38-23-13-5-14-24-38)42(47-31-37-21-11-4-12-22-37)40(44)33-45-29-35-17-7-2-8-18-35/h2-26,34,40-43H,27-33H2,1H3/t34-,40-,41-,42+,43+/m0/s1. The lowest BCUT2D eigenvalue weighted by Crippen LogP contribution is -2.65. The first-order valence-corrected chi connectivity index (χ1v) is 17.1. The molecule has 0 bridgehead atoms. The van der Waals surface area contributed by atoms with Crippen LogP contribution in [0, 0.1) is 0 Å². The molecule has 48 heavy (non-hydrogen) atoms. The average molecular weight is 642 g/mol. The summed E-state index contributed by atoms with van der Waals surface area (Å²) in [4.78, 5) is 2.52. The average Bonchev–Trinajstić information content (AvgIpc) is 3.15. The van der Waals surface area contributed by atoms with Crippen LogP contribution in [0.4, 0.5) is 0 Å². The Labute approximate surface area is 286 Å². The zero-order valence-electron chi connectivity index (χ0n) is 27.9. The van der Waals surface area contributed by atoms with Gasteiger partial charge in [0.2, 0.25) is 0 Å². The van der Waals surface area contributed by atoms with Crippen LogP contribution in [0.2, 0.25) is 0 Å². The third-order valence-electron chi connectivity index (χ3n) is 9.11. The third kappa shape index (κ3) is 9.72. The van der Waals surface area contributed by atoms with Crippen molar-refractivity contribution in [2.45, 2.75) is 63.6 Å². The number of nitrogens with zero attached hydrogens (tertiary/aromatic N) is 1. The fourth-order valence-corrected chi connectivity index (χ4v) is 6.50. The Kier molecular flexibility index (Phi) is 12.6. The van der Waals surface area contributed by atoms with Crippen molar-refractivity contribution >= 4 is 0 Å². The van der Waals surface area contributed by atoms with Crippen molar-refractivity contribution in [3.63, 3.8) is 0 Å². The molecular weight excluding hydrogens is 594 g/mol. The molecule has 0 radical (unpaired) electrons. The predicted molar refractivity (Wildman–Crippen MR) is 191 cm³/mol. The zero-order chi connectivity index (χ0) is 32.8. The first kappa shape index (κ1) is 33.8. The van der Waals surface area contributed by atoms with Crippen LogP contribution < -0.4 is 0 Å². The van der Waals surface area contributed by atoms with E-state index in [1.165, 1.54) is 5.56 Å². The quantitative estimate of drug-likeness (QED) is 0.108. The first-order chi connectivity index (χ1) is 23.7. The Hall–Kier alpha value is -4.10. The second-order valence-electron chi connectivity index (χ2n) is 12.7. The van der Waals surface area contributed by atoms with Crippen LogP contribution in [-0.4, -0.2) is 49.0 Å². The number of rotatable bonds is 16. The molecule has 1 saturated heterocycles. The molecule has 0 spiro atoms. The summed E-state index contributed by atoms with van der Waals surface area (Å²) in [7, 11) is 0. The van der Waals surface area contributed by atoms with E-state index in [9.17, 15) is 0 Å². The van der Waals surface area contributed by atoms with Gasteiger partial charge in [-0.3, -0.25) is 4.90 Å². The first-order valence-electron chi connectivity index (χ1n) is 17.1. The van der Waals surface area contributed by atoms with E-state index in [4.69, 9.17) is 18.9 Å². The van der Waals surface area contributed by atoms with Crippen molar-refractivity contribution in [2.24, 2.45) is 0 Å². The molecule has 6 rings (SSSR count). The second kappa shape index (κ2) is 17.9. The smallest absolute Gasteiger partial charge is 0.113 e. The van der Waals surface area contributed by atoms with Crippen molar-refractivity contribution in [3.8, 4) is 0 Å². The largest absolute Gasteiger partial charge is 0.375 e. The molecule has 1 fully saturated rings. The van der Waals surface area contributed by atoms with Crippen LogP contribution in [0.5, 0.6) is 0 Å². The Bertz CT molecular complexity index is 1590. The molecule has 5 aromatic carbocycles. The van der Waals surface area contributed by atoms with Gasteiger partial charge in [-0.2, -0.15) is 0 Å². The van der Waals surface area contributed by atoms with E-state index in [0.29, 0.717) is 45.5 Å². The van der Waals surface area contributed by atoms with Gasteiger partial charge in [0.1, 0.15) is 12.2 Å². The van der Waals surface area contributed by atoms with Crippen LogP contribution in [0.25, 0.3) is 0 Å². The highest BCUT2D eigenvalue weighted by Gasteiger charge is 2.46. The molecule has 0 saturated carbocycles. The number of hydrogen-bond donors (Lipinski definition) is 0. The molecule has 5 nitrogen and oxygen atoms in total. The van der Waals surface area contributed by atoms with Crippen molar-refractivity contribution in [1.29, 1.82) is 0 Å². The fraction of sp³-hybridized carbons (Fsp3) is 0.302. The van der Waals surface area contributed by atoms with E-state index in [0.717, 1.165) is 28.8 Å². The number of benzene rings is 5. The molecule has 0 aromatic heterocycles. The van der Waals surface area contributed by atoms with Gasteiger partial charge in [0, 0.05) is 13.1 Å². The molecule has 0 amide bonds. The molecular formula is C43H47NO4. The Balaban J connectivity index is 1.31. The van der Waals surface area contributed by atoms with E-state index >= 15 is 0 Å². The normalized spacial score (nSPS) is 20.4. The summed E-state index contributed by atoms with van der Waals surface area (Å²) < 4.78 is 27.2. The minimum atomic E-state index is -0.314. The summed E-state index contributed by atoms with van der Waals surface area (Å²) in [5.74, 6) is 0.300. The zero-order valence-corrected chi connectivity index (χ0v) is 27.9. The van der Waals surface area contributed by atoms with E-state index in [-0.39, 0.29) is 24.4 Å². The maximum absolute atomic E-state index is 6.96. The highest BCUT2D eigenvalue weighted by molar-refractivity contribution is 5.20. The third-order valence-corrected chi connectivity index (χ3v) is 9.11. The molecule has 0 N–H and O–H groups in total. The van der Waals surface area contributed by atoms with Gasteiger partial charge in [0.15, 0.2) is 0 Å². The molecule has 0 aliphatic carbocycles. The molecule has 1 heterocycles. The molecule has 5 atom stereocenters. The molecule has 1 aliphatic heterocycles. The predicted octanol–water partition coefficient (Wildman–Crippen LogP) is 8.45. The van der Waals surface area contributed by atoms with Gasteiger partial charge >= 0.3 is 0 Å². The lowest BCUT2D eigenvalue weighted by atomic mass is 9.91. The maximum atomic E-state index is 6.96. The summed E-state index contributed by atoms with van der Waals surface area (Å²) in [5.41, 5.74) is 5.85. The maximum Gasteiger partial charge on any atom is 0.113 e. The lowest BCUT2D eigenvalue weighted by molar-refractivity contribution is -0.211. The van der Waals surface area contributed by atoms with Crippen LogP contribution in [0.1, 0.15) is 40.7 Å². The van der Waals surface area contributed by atoms with Gasteiger partial charge in [-0.1, -0.05) is 159 Å². The van der Waals surface area contributed by atoms with Crippen LogP contribution in [-0.2, 0) is 45.4 Å². The minimum Gasteiger partial charge on any atom is -0.375 e. The van der Waals surface area contributed by atoms with Gasteiger partial charge in [-0.05, 0) is 33.7 Å². The number of piperidine rings is 1. The minimum absolute atomic E-state index is 0.0547. The van der Waals surface area contributed by atoms with Crippen molar-refractivity contribution in [3.05, 3.63) is 179 Å². The number of likely N-dealkylation sites (tertiary alicyclic amines) is 1. The SMILES string of the molecule is C[C@@H](CN1C[C@H](OCc2ccccc2)[C@@H](OCc2ccccc2)[C@H](OCc2ccccc2)[C@@H]1COCc1ccccc1)c1ccccc1. The van der Waals surface area contributed by atoms with Crippen molar-refractivity contribution < 1.29 is 18.9 Å². The highest BCUT2D eigenvalue weighted by atomic mass is 16.6. The van der Waals surface area contributed by atoms with Crippen LogP contribution in [0.3, 0.4) is 0 Å². The summed E-state index contributed by atoms with van der Waals surface area (Å²) in [6, 6.07) is 52.2. The molecule has 5 aromatic rings. The lowest BCUT2D eigenvalue weighted by Gasteiger charge is -2.49. The number of hydrogen-bond acceptors (Lipinski definition) is 5. The van der Waals surface area contributed by atoms with Crippen LogP contribution in [0.15, 0.2) is 152 Å². The Morgan fingerprint density at radius 3 is 1.44 bits per heavy atom. The Morgan fingerprint density at radius 1 is 0.521 bits per heavy atom. The van der Waals surface area contributed by atoms with E-state index in [1.807, 2.05) is 24.3 Å². The van der Waals surface area contributed by atoms with Gasteiger partial charge < -0.3 is 18.9 Å². The van der Waals surface area contributed by atoms with E-state index in [2.05, 4.69) is 139 Å². The van der Waals surface area contributed by atoms with Crippen molar-refractivity contribution in [2.75, 3.05) is 19.7 Å². The molecule has 248 valence electrons. The second-order valence-corrected chi connectivity index (χ2v) is 12.7. The highest BCUT2D eigenvalue weighted by Crippen LogP contribution is 2.31. The Morgan fingerprint density at radius 2 is 0.938 bits per heavy atom. The van der Waals surface area contributed by atoms with Crippen LogP contribution >= 0.6 is 0 Å². The molecule has 5 heteroatoms. The molecule has 1 aliphatic rings. The van der Waals surface area contributed by atoms with Gasteiger partial charge in [0.25, 0.3) is 0 Å². The monoisotopic (exact) mass is 641 g/mol. The van der Waals surface area contributed by atoms with Gasteiger partial charge in [-0.25, -0.2) is 0 Å². The number of ether oxygens (including phenoxy) is 4. The van der Waals surface area contributed by atoms with Gasteiger partial charge in [0.05, 0.1) is 45.2 Å².